The normalized spacial score (nSPS) is 11.2. The third-order valence-corrected chi connectivity index (χ3v) is 1.60. The van der Waals surface area contributed by atoms with Crippen LogP contribution >= 0.6 is 0 Å². The van der Waals surface area contributed by atoms with Crippen LogP contribution in [0.25, 0.3) is 0 Å². The standard InChI is InChI=1S/C12H21N3O3/c1-7(2)16-10-13-11(17-8(3)4)15-12(14-10)18-9(5)6/h7-9H,1-6H3. The van der Waals surface area contributed by atoms with Gasteiger partial charge >= 0.3 is 18.0 Å². The number of hydrogen-bond acceptors (Lipinski definition) is 6. The first kappa shape index (κ1) is 14.5. The molecule has 0 aliphatic heterocycles. The molecular weight excluding hydrogens is 234 g/mol. The van der Waals surface area contributed by atoms with Gasteiger partial charge in [-0.25, -0.2) is 0 Å². The molecule has 102 valence electrons. The molecule has 1 heterocycles. The minimum Gasteiger partial charge on any atom is -0.461 e. The Morgan fingerprint density at radius 2 is 0.778 bits per heavy atom. The van der Waals surface area contributed by atoms with E-state index in [4.69, 9.17) is 14.2 Å². The highest BCUT2D eigenvalue weighted by molar-refractivity contribution is 5.09. The van der Waals surface area contributed by atoms with Crippen molar-refractivity contribution in [2.75, 3.05) is 0 Å². The molecule has 1 aromatic rings. The molecule has 0 N–H and O–H groups in total. The van der Waals surface area contributed by atoms with Crippen LogP contribution in [0.5, 0.6) is 18.0 Å². The van der Waals surface area contributed by atoms with E-state index in [-0.39, 0.29) is 36.3 Å². The number of hydrogen-bond donors (Lipinski definition) is 0. The minimum atomic E-state index is -0.0220. The third-order valence-electron chi connectivity index (χ3n) is 1.60. The van der Waals surface area contributed by atoms with Crippen LogP contribution in [0, 0.1) is 0 Å². The van der Waals surface area contributed by atoms with E-state index in [0.29, 0.717) is 0 Å². The van der Waals surface area contributed by atoms with Gasteiger partial charge in [-0.3, -0.25) is 0 Å². The summed E-state index contributed by atoms with van der Waals surface area (Å²) in [6, 6.07) is 0.643. The van der Waals surface area contributed by atoms with Crippen molar-refractivity contribution >= 4 is 0 Å². The van der Waals surface area contributed by atoms with Gasteiger partial charge in [0.15, 0.2) is 0 Å². The van der Waals surface area contributed by atoms with Crippen molar-refractivity contribution in [1.29, 1.82) is 0 Å². The largest absolute Gasteiger partial charge is 0.461 e. The fraction of sp³-hybridized carbons (Fsp3) is 0.750. The molecule has 0 radical (unpaired) electrons. The van der Waals surface area contributed by atoms with Crippen LogP contribution in [-0.4, -0.2) is 33.3 Å². The molecule has 0 aliphatic carbocycles. The lowest BCUT2D eigenvalue weighted by molar-refractivity contribution is 0.174. The maximum absolute atomic E-state index is 5.44. The number of aromatic nitrogens is 3. The van der Waals surface area contributed by atoms with Gasteiger partial charge in [-0.1, -0.05) is 0 Å². The van der Waals surface area contributed by atoms with Crippen molar-refractivity contribution in [2.45, 2.75) is 59.9 Å². The Morgan fingerprint density at radius 1 is 0.556 bits per heavy atom. The molecule has 1 aromatic heterocycles. The summed E-state index contributed by atoms with van der Waals surface area (Å²) >= 11 is 0. The predicted octanol–water partition coefficient (Wildman–Crippen LogP) is 2.23. The van der Waals surface area contributed by atoms with E-state index in [1.54, 1.807) is 0 Å². The molecule has 0 aromatic carbocycles. The topological polar surface area (TPSA) is 66.4 Å². The second-order valence-electron chi connectivity index (χ2n) is 4.68. The average molecular weight is 255 g/mol. The molecule has 0 bridgehead atoms. The van der Waals surface area contributed by atoms with Crippen molar-refractivity contribution < 1.29 is 14.2 Å². The number of ether oxygens (including phenoxy) is 3. The monoisotopic (exact) mass is 255 g/mol. The molecule has 0 spiro atoms. The molecule has 0 amide bonds. The Bertz CT molecular complexity index is 311. The lowest BCUT2D eigenvalue weighted by Crippen LogP contribution is -2.15. The predicted molar refractivity (Wildman–Crippen MR) is 67.1 cm³/mol. The van der Waals surface area contributed by atoms with Crippen molar-refractivity contribution in [2.24, 2.45) is 0 Å². The van der Waals surface area contributed by atoms with E-state index >= 15 is 0 Å². The van der Waals surface area contributed by atoms with Crippen LogP contribution in [0.15, 0.2) is 0 Å². The van der Waals surface area contributed by atoms with Gasteiger partial charge in [0.1, 0.15) is 0 Å². The molecule has 6 nitrogen and oxygen atoms in total. The highest BCUT2D eigenvalue weighted by atomic mass is 16.5. The third kappa shape index (κ3) is 5.16. The zero-order chi connectivity index (χ0) is 13.7. The van der Waals surface area contributed by atoms with Crippen LogP contribution < -0.4 is 14.2 Å². The Balaban J connectivity index is 2.95. The van der Waals surface area contributed by atoms with E-state index in [1.807, 2.05) is 41.5 Å². The smallest absolute Gasteiger partial charge is 0.326 e. The minimum absolute atomic E-state index is 0.0220. The second-order valence-corrected chi connectivity index (χ2v) is 4.68. The van der Waals surface area contributed by atoms with Gasteiger partial charge in [-0.05, 0) is 41.5 Å². The van der Waals surface area contributed by atoms with Crippen molar-refractivity contribution in [1.82, 2.24) is 15.0 Å². The van der Waals surface area contributed by atoms with Gasteiger partial charge in [0.25, 0.3) is 0 Å². The molecule has 0 aliphatic rings. The van der Waals surface area contributed by atoms with Gasteiger partial charge < -0.3 is 14.2 Å². The maximum Gasteiger partial charge on any atom is 0.326 e. The Labute approximate surface area is 108 Å². The van der Waals surface area contributed by atoms with Crippen molar-refractivity contribution in [3.05, 3.63) is 0 Å². The molecule has 6 heteroatoms. The highest BCUT2D eigenvalue weighted by Crippen LogP contribution is 2.17. The molecule has 0 unspecified atom stereocenters. The van der Waals surface area contributed by atoms with Crippen LogP contribution in [0.1, 0.15) is 41.5 Å². The van der Waals surface area contributed by atoms with Gasteiger partial charge in [0.2, 0.25) is 0 Å². The zero-order valence-electron chi connectivity index (χ0n) is 11.8. The Hall–Kier alpha value is -1.59. The molecular formula is C12H21N3O3. The van der Waals surface area contributed by atoms with Gasteiger partial charge in [0.05, 0.1) is 18.3 Å². The first-order chi connectivity index (χ1) is 8.36. The first-order valence-electron chi connectivity index (χ1n) is 6.13. The lowest BCUT2D eigenvalue weighted by atomic mass is 10.5. The van der Waals surface area contributed by atoms with Crippen molar-refractivity contribution in [3.8, 4) is 18.0 Å². The first-order valence-corrected chi connectivity index (χ1v) is 6.13. The van der Waals surface area contributed by atoms with Gasteiger partial charge in [-0.15, -0.1) is 15.0 Å². The summed E-state index contributed by atoms with van der Waals surface area (Å²) in [7, 11) is 0. The number of nitrogens with zero attached hydrogens (tertiary/aromatic N) is 3. The maximum atomic E-state index is 5.44. The van der Waals surface area contributed by atoms with Crippen molar-refractivity contribution in [3.63, 3.8) is 0 Å². The fourth-order valence-electron chi connectivity index (χ4n) is 1.11. The molecule has 0 atom stereocenters. The van der Waals surface area contributed by atoms with Crippen LogP contribution in [-0.2, 0) is 0 Å². The number of rotatable bonds is 6. The molecule has 0 saturated carbocycles. The SMILES string of the molecule is CC(C)Oc1nc(OC(C)C)nc(OC(C)C)n1. The fourth-order valence-corrected chi connectivity index (χ4v) is 1.11. The van der Waals surface area contributed by atoms with Crippen LogP contribution in [0.2, 0.25) is 0 Å². The van der Waals surface area contributed by atoms with E-state index in [0.717, 1.165) is 0 Å². The quantitative estimate of drug-likeness (QED) is 0.776. The van der Waals surface area contributed by atoms with Crippen LogP contribution in [0.4, 0.5) is 0 Å². The average Bonchev–Trinajstić information content (AvgIpc) is 2.12. The highest BCUT2D eigenvalue weighted by Gasteiger charge is 2.13. The Kier molecular flexibility index (Phi) is 5.12. The summed E-state index contributed by atoms with van der Waals surface area (Å²) in [5, 5.41) is 0. The molecule has 0 fully saturated rings. The molecule has 1 rings (SSSR count). The van der Waals surface area contributed by atoms with E-state index in [9.17, 15) is 0 Å². The molecule has 18 heavy (non-hydrogen) atoms. The summed E-state index contributed by atoms with van der Waals surface area (Å²) in [6.45, 7) is 11.4. The Morgan fingerprint density at radius 3 is 0.944 bits per heavy atom. The van der Waals surface area contributed by atoms with E-state index in [2.05, 4.69) is 15.0 Å². The summed E-state index contributed by atoms with van der Waals surface area (Å²) in [6.07, 6.45) is -0.0661. The zero-order valence-corrected chi connectivity index (χ0v) is 11.8. The lowest BCUT2D eigenvalue weighted by Gasteiger charge is -2.13. The molecule has 0 saturated heterocycles. The van der Waals surface area contributed by atoms with E-state index < -0.39 is 0 Å². The van der Waals surface area contributed by atoms with E-state index in [1.165, 1.54) is 0 Å². The summed E-state index contributed by atoms with van der Waals surface area (Å²) in [5.74, 6) is 0. The van der Waals surface area contributed by atoms with Gasteiger partial charge in [-0.2, -0.15) is 0 Å². The second kappa shape index (κ2) is 6.37. The van der Waals surface area contributed by atoms with Gasteiger partial charge in [0, 0.05) is 0 Å². The van der Waals surface area contributed by atoms with Crippen LogP contribution in [0.3, 0.4) is 0 Å². The summed E-state index contributed by atoms with van der Waals surface area (Å²) < 4.78 is 16.3. The summed E-state index contributed by atoms with van der Waals surface area (Å²) in [4.78, 5) is 12.2. The summed E-state index contributed by atoms with van der Waals surface area (Å²) in [5.41, 5.74) is 0.